The molecule has 1 N–H and O–H groups in total. The molecule has 1 aromatic rings. The van der Waals surface area contributed by atoms with Gasteiger partial charge in [0, 0.05) is 20.1 Å². The number of halogens is 1. The molecule has 2 rings (SSSR count). The monoisotopic (exact) mass is 404 g/mol. The van der Waals surface area contributed by atoms with Crippen LogP contribution in [-0.4, -0.2) is 48.2 Å². The fourth-order valence-electron chi connectivity index (χ4n) is 2.49. The Morgan fingerprint density at radius 2 is 2.19 bits per heavy atom. The number of ether oxygens (including phenoxy) is 1. The minimum absolute atomic E-state index is 0.0197. The Morgan fingerprint density at radius 3 is 2.81 bits per heavy atom. The molecule has 1 atom stereocenters. The van der Waals surface area contributed by atoms with Crippen molar-refractivity contribution in [3.63, 3.8) is 0 Å². The SMILES string of the molecule is CCN1CCOC(c2nc(CC(C)C)c(I)c(NC)n2)C1. The van der Waals surface area contributed by atoms with Gasteiger partial charge < -0.3 is 10.1 Å². The van der Waals surface area contributed by atoms with Crippen LogP contribution in [0.2, 0.25) is 0 Å². The summed E-state index contributed by atoms with van der Waals surface area (Å²) < 4.78 is 7.02. The van der Waals surface area contributed by atoms with Crippen molar-refractivity contribution < 1.29 is 4.74 Å². The fraction of sp³-hybridized carbons (Fsp3) is 0.733. The Bertz CT molecular complexity index is 481. The van der Waals surface area contributed by atoms with Gasteiger partial charge in [-0.1, -0.05) is 20.8 Å². The molecule has 1 saturated heterocycles. The third-order valence-corrected chi connectivity index (χ3v) is 4.79. The number of anilines is 1. The number of hydrogen-bond donors (Lipinski definition) is 1. The summed E-state index contributed by atoms with van der Waals surface area (Å²) in [5.41, 5.74) is 1.12. The predicted octanol–water partition coefficient (Wildman–Crippen LogP) is 2.71. The van der Waals surface area contributed by atoms with Gasteiger partial charge in [-0.15, -0.1) is 0 Å². The van der Waals surface area contributed by atoms with Crippen molar-refractivity contribution in [3.8, 4) is 0 Å². The number of aromatic nitrogens is 2. The molecule has 6 heteroatoms. The molecule has 1 aliphatic rings. The minimum Gasteiger partial charge on any atom is -0.372 e. The van der Waals surface area contributed by atoms with Gasteiger partial charge in [-0.25, -0.2) is 9.97 Å². The van der Waals surface area contributed by atoms with Crippen LogP contribution in [0.15, 0.2) is 0 Å². The predicted molar refractivity (Wildman–Crippen MR) is 93.6 cm³/mol. The van der Waals surface area contributed by atoms with Gasteiger partial charge in [-0.05, 0) is 41.5 Å². The van der Waals surface area contributed by atoms with Crippen LogP contribution < -0.4 is 5.32 Å². The summed E-state index contributed by atoms with van der Waals surface area (Å²) in [7, 11) is 1.91. The molecule has 1 aromatic heterocycles. The van der Waals surface area contributed by atoms with E-state index in [-0.39, 0.29) is 6.10 Å². The van der Waals surface area contributed by atoms with Crippen LogP contribution in [0.1, 0.15) is 38.4 Å². The zero-order chi connectivity index (χ0) is 15.4. The van der Waals surface area contributed by atoms with Gasteiger partial charge in [0.2, 0.25) is 0 Å². The molecular weight excluding hydrogens is 379 g/mol. The van der Waals surface area contributed by atoms with Gasteiger partial charge in [0.1, 0.15) is 11.9 Å². The summed E-state index contributed by atoms with van der Waals surface area (Å²) in [6.07, 6.45) is 0.945. The second-order valence-corrected chi connectivity index (χ2v) is 6.87. The van der Waals surface area contributed by atoms with E-state index < -0.39 is 0 Å². The third kappa shape index (κ3) is 4.26. The van der Waals surface area contributed by atoms with Gasteiger partial charge in [0.15, 0.2) is 5.82 Å². The Kier molecular flexibility index (Phi) is 6.19. The topological polar surface area (TPSA) is 50.3 Å². The van der Waals surface area contributed by atoms with E-state index in [4.69, 9.17) is 9.72 Å². The van der Waals surface area contributed by atoms with Gasteiger partial charge in [-0.2, -0.15) is 0 Å². The second kappa shape index (κ2) is 7.69. The molecule has 21 heavy (non-hydrogen) atoms. The van der Waals surface area contributed by atoms with E-state index >= 15 is 0 Å². The van der Waals surface area contributed by atoms with Gasteiger partial charge >= 0.3 is 0 Å². The van der Waals surface area contributed by atoms with E-state index in [1.54, 1.807) is 0 Å². The van der Waals surface area contributed by atoms with E-state index in [1.165, 1.54) is 0 Å². The molecule has 2 heterocycles. The van der Waals surface area contributed by atoms with E-state index in [9.17, 15) is 0 Å². The largest absolute Gasteiger partial charge is 0.372 e. The highest BCUT2D eigenvalue weighted by Gasteiger charge is 2.25. The minimum atomic E-state index is -0.0197. The lowest BCUT2D eigenvalue weighted by atomic mass is 10.1. The van der Waals surface area contributed by atoms with E-state index in [0.717, 1.165) is 53.6 Å². The van der Waals surface area contributed by atoms with Gasteiger partial charge in [-0.3, -0.25) is 4.90 Å². The quantitative estimate of drug-likeness (QED) is 0.765. The van der Waals surface area contributed by atoms with Crippen LogP contribution in [0, 0.1) is 9.49 Å². The summed E-state index contributed by atoms with van der Waals surface area (Å²) in [4.78, 5) is 11.9. The van der Waals surface area contributed by atoms with E-state index in [0.29, 0.717) is 5.92 Å². The highest BCUT2D eigenvalue weighted by molar-refractivity contribution is 14.1. The smallest absolute Gasteiger partial charge is 0.161 e. The number of nitrogens with zero attached hydrogens (tertiary/aromatic N) is 3. The molecule has 0 aromatic carbocycles. The lowest BCUT2D eigenvalue weighted by Crippen LogP contribution is -2.38. The molecule has 0 amide bonds. The van der Waals surface area contributed by atoms with Crippen LogP contribution in [0.3, 0.4) is 0 Å². The summed E-state index contributed by atoms with van der Waals surface area (Å²) in [5, 5.41) is 3.19. The number of hydrogen-bond acceptors (Lipinski definition) is 5. The van der Waals surface area contributed by atoms with Crippen molar-refractivity contribution in [3.05, 3.63) is 15.1 Å². The normalized spacial score (nSPS) is 20.0. The van der Waals surface area contributed by atoms with E-state index in [1.807, 2.05) is 7.05 Å². The molecule has 0 saturated carbocycles. The van der Waals surface area contributed by atoms with Gasteiger partial charge in [0.25, 0.3) is 0 Å². The van der Waals surface area contributed by atoms with Gasteiger partial charge in [0.05, 0.1) is 15.9 Å². The summed E-state index contributed by atoms with van der Waals surface area (Å²) >= 11 is 2.33. The van der Waals surface area contributed by atoms with Crippen LogP contribution in [0.5, 0.6) is 0 Å². The maximum absolute atomic E-state index is 5.90. The van der Waals surface area contributed by atoms with Crippen molar-refractivity contribution in [2.24, 2.45) is 5.92 Å². The molecule has 0 bridgehead atoms. The second-order valence-electron chi connectivity index (χ2n) is 5.79. The third-order valence-electron chi connectivity index (χ3n) is 3.66. The average Bonchev–Trinajstić information content (AvgIpc) is 2.49. The number of rotatable bonds is 5. The van der Waals surface area contributed by atoms with Crippen LogP contribution in [-0.2, 0) is 11.2 Å². The Balaban J connectivity index is 2.30. The van der Waals surface area contributed by atoms with Crippen LogP contribution in [0.4, 0.5) is 5.82 Å². The van der Waals surface area contributed by atoms with Crippen LogP contribution >= 0.6 is 22.6 Å². The zero-order valence-corrected chi connectivity index (χ0v) is 15.5. The first kappa shape index (κ1) is 16.9. The Labute approximate surface area is 141 Å². The highest BCUT2D eigenvalue weighted by Crippen LogP contribution is 2.26. The molecule has 0 spiro atoms. The van der Waals surface area contributed by atoms with Crippen molar-refractivity contribution >= 4 is 28.4 Å². The van der Waals surface area contributed by atoms with Crippen molar-refractivity contribution in [1.82, 2.24) is 14.9 Å². The lowest BCUT2D eigenvalue weighted by molar-refractivity contribution is -0.0326. The lowest BCUT2D eigenvalue weighted by Gasteiger charge is -2.31. The fourth-order valence-corrected chi connectivity index (χ4v) is 3.22. The molecule has 1 unspecified atom stereocenters. The number of likely N-dealkylation sites (N-methyl/N-ethyl adjacent to an activating group) is 1. The molecular formula is C15H25IN4O. The highest BCUT2D eigenvalue weighted by atomic mass is 127. The van der Waals surface area contributed by atoms with Crippen molar-refractivity contribution in [2.75, 3.05) is 38.6 Å². The van der Waals surface area contributed by atoms with E-state index in [2.05, 4.69) is 58.6 Å². The van der Waals surface area contributed by atoms with Crippen molar-refractivity contribution in [2.45, 2.75) is 33.3 Å². The number of morpholine rings is 1. The average molecular weight is 404 g/mol. The maximum Gasteiger partial charge on any atom is 0.161 e. The summed E-state index contributed by atoms with van der Waals surface area (Å²) in [6, 6.07) is 0. The summed E-state index contributed by atoms with van der Waals surface area (Å²) in [5.74, 6) is 2.30. The molecule has 5 nitrogen and oxygen atoms in total. The molecule has 0 radical (unpaired) electrons. The first-order chi connectivity index (χ1) is 10.0. The number of nitrogens with one attached hydrogen (secondary N) is 1. The standard InChI is InChI=1S/C15H25IN4O/c1-5-20-6-7-21-12(9-20)14-18-11(8-10(2)3)13(16)15(17-4)19-14/h10,12H,5-9H2,1-4H3,(H,17,18,19). The zero-order valence-electron chi connectivity index (χ0n) is 13.3. The molecule has 1 fully saturated rings. The molecule has 1 aliphatic heterocycles. The first-order valence-electron chi connectivity index (χ1n) is 7.63. The Morgan fingerprint density at radius 1 is 1.43 bits per heavy atom. The van der Waals surface area contributed by atoms with Crippen molar-refractivity contribution in [1.29, 1.82) is 0 Å². The maximum atomic E-state index is 5.90. The molecule has 118 valence electrons. The van der Waals surface area contributed by atoms with Crippen LogP contribution in [0.25, 0.3) is 0 Å². The first-order valence-corrected chi connectivity index (χ1v) is 8.71. The molecule has 0 aliphatic carbocycles. The summed E-state index contributed by atoms with van der Waals surface area (Å²) in [6.45, 7) is 10.3. The Hall–Kier alpha value is -0.470.